The molecular weight excluding hydrogens is 304 g/mol. The fraction of sp³-hybridized carbons (Fsp3) is 0.500. The van der Waals surface area contributed by atoms with E-state index in [1.165, 1.54) is 0 Å². The Morgan fingerprint density at radius 1 is 1.50 bits per heavy atom. The summed E-state index contributed by atoms with van der Waals surface area (Å²) in [5.41, 5.74) is 5.74. The smallest absolute Gasteiger partial charge is 0.205 e. The average molecular weight is 323 g/mol. The summed E-state index contributed by atoms with van der Waals surface area (Å²) in [6, 6.07) is 6.77. The number of benzene rings is 1. The molecule has 1 heterocycles. The number of hydrogen-bond acceptors (Lipinski definition) is 5. The molecule has 0 aromatic heterocycles. The van der Waals surface area contributed by atoms with E-state index in [-0.39, 0.29) is 12.4 Å². The van der Waals surface area contributed by atoms with Crippen LogP contribution in [0, 0.1) is 0 Å². The normalized spacial score (nSPS) is 28.8. The van der Waals surface area contributed by atoms with Gasteiger partial charge in [0, 0.05) is 17.2 Å². The second-order valence-electron chi connectivity index (χ2n) is 5.77. The van der Waals surface area contributed by atoms with Gasteiger partial charge in [0.1, 0.15) is 0 Å². The summed E-state index contributed by atoms with van der Waals surface area (Å²) in [7, 11) is 0. The van der Waals surface area contributed by atoms with Gasteiger partial charge in [0.2, 0.25) is 11.7 Å². The van der Waals surface area contributed by atoms with Crippen molar-refractivity contribution in [3.63, 3.8) is 0 Å². The minimum Gasteiger partial charge on any atom is -0.468 e. The van der Waals surface area contributed by atoms with Crippen molar-refractivity contribution in [2.75, 3.05) is 6.61 Å². The third kappa shape index (κ3) is 2.43. The highest BCUT2D eigenvalue weighted by atomic mass is 35.5. The highest BCUT2D eigenvalue weighted by Gasteiger charge is 2.52. The largest absolute Gasteiger partial charge is 0.468 e. The highest BCUT2D eigenvalue weighted by Crippen LogP contribution is 2.44. The van der Waals surface area contributed by atoms with Crippen molar-refractivity contribution in [3.8, 4) is 0 Å². The number of halogens is 1. The molecule has 118 valence electrons. The van der Waals surface area contributed by atoms with E-state index in [1.807, 2.05) is 18.2 Å². The molecule has 2 aliphatic rings. The van der Waals surface area contributed by atoms with Gasteiger partial charge in [-0.2, -0.15) is 0 Å². The van der Waals surface area contributed by atoms with E-state index in [1.54, 1.807) is 6.07 Å². The lowest BCUT2D eigenvalue weighted by Crippen LogP contribution is -2.54. The van der Waals surface area contributed by atoms with Gasteiger partial charge >= 0.3 is 0 Å². The second-order valence-corrected chi connectivity index (χ2v) is 6.18. The molecular formula is C16H19ClN2O3. The number of fused-ring (bicyclic) bond motifs is 2. The van der Waals surface area contributed by atoms with Crippen LogP contribution < -0.4 is 5.73 Å². The Bertz CT molecular complexity index is 619. The number of ether oxygens (including phenoxy) is 1. The van der Waals surface area contributed by atoms with Crippen molar-refractivity contribution in [1.29, 1.82) is 0 Å². The second kappa shape index (κ2) is 5.99. The lowest BCUT2D eigenvalue weighted by molar-refractivity contribution is -0.137. The van der Waals surface area contributed by atoms with Crippen LogP contribution in [0.1, 0.15) is 31.2 Å². The Balaban J connectivity index is 2.10. The molecule has 0 radical (unpaired) electrons. The van der Waals surface area contributed by atoms with E-state index in [0.717, 1.165) is 6.42 Å². The molecule has 1 aromatic rings. The predicted octanol–water partition coefficient (Wildman–Crippen LogP) is 1.80. The topological polar surface area (TPSA) is 84.9 Å². The van der Waals surface area contributed by atoms with Crippen LogP contribution in [0.25, 0.3) is 0 Å². The number of nitrogens with zero attached hydrogens (tertiary/aromatic N) is 1. The highest BCUT2D eigenvalue weighted by molar-refractivity contribution is 6.32. The quantitative estimate of drug-likeness (QED) is 0.885. The van der Waals surface area contributed by atoms with Crippen molar-refractivity contribution >= 4 is 23.3 Å². The van der Waals surface area contributed by atoms with Gasteiger partial charge in [-0.1, -0.05) is 29.8 Å². The molecule has 3 N–H and O–H groups in total. The zero-order valence-corrected chi connectivity index (χ0v) is 12.9. The molecule has 1 aliphatic carbocycles. The first-order chi connectivity index (χ1) is 10.6. The summed E-state index contributed by atoms with van der Waals surface area (Å²) in [6.45, 7) is -0.0543. The first kappa shape index (κ1) is 15.5. The van der Waals surface area contributed by atoms with Crippen LogP contribution in [0.4, 0.5) is 0 Å². The number of rotatable bonds is 4. The molecule has 3 atom stereocenters. The zero-order chi connectivity index (χ0) is 15.7. The lowest BCUT2D eigenvalue weighted by Gasteiger charge is -2.42. The van der Waals surface area contributed by atoms with Crippen LogP contribution in [0.3, 0.4) is 0 Å². The molecule has 1 fully saturated rings. The van der Waals surface area contributed by atoms with E-state index in [4.69, 9.17) is 27.2 Å². The van der Waals surface area contributed by atoms with Crippen molar-refractivity contribution < 1.29 is 14.6 Å². The molecule has 22 heavy (non-hydrogen) atoms. The van der Waals surface area contributed by atoms with Crippen molar-refractivity contribution in [3.05, 3.63) is 34.9 Å². The maximum Gasteiger partial charge on any atom is 0.205 e. The number of aliphatic hydroxyl groups excluding tert-OH is 1. The molecule has 1 aliphatic heterocycles. The van der Waals surface area contributed by atoms with Crippen molar-refractivity contribution in [1.82, 2.24) is 0 Å². The van der Waals surface area contributed by atoms with Gasteiger partial charge in [0.15, 0.2) is 11.6 Å². The Morgan fingerprint density at radius 2 is 2.27 bits per heavy atom. The summed E-state index contributed by atoms with van der Waals surface area (Å²) in [6.07, 6.45) is 1.93. The Labute approximate surface area is 134 Å². The number of hydrogen-bond donors (Lipinski definition) is 2. The molecule has 5 nitrogen and oxygen atoms in total. The van der Waals surface area contributed by atoms with Gasteiger partial charge in [-0.15, -0.1) is 0 Å². The zero-order valence-electron chi connectivity index (χ0n) is 12.2. The Hall–Kier alpha value is -1.43. The number of Topliss-reactive ketones (excluding diaryl/α,β-unsaturated/α-hetero) is 1. The number of carbonyl (C=O) groups is 1. The van der Waals surface area contributed by atoms with Gasteiger partial charge in [-0.25, -0.2) is 4.99 Å². The maximum atomic E-state index is 12.8. The monoisotopic (exact) mass is 322 g/mol. The molecule has 0 saturated heterocycles. The van der Waals surface area contributed by atoms with Gasteiger partial charge < -0.3 is 15.6 Å². The van der Waals surface area contributed by atoms with Gasteiger partial charge in [-0.05, 0) is 31.7 Å². The van der Waals surface area contributed by atoms with E-state index < -0.39 is 17.7 Å². The standard InChI is InChI=1S/C16H19ClN2O3/c17-11-5-2-1-4-10(11)16-8-3-6-13(14(16)21)22-15(19-16)12(18)7-9-20/h1-2,4-5,12-13,20H,3,6-9,18H2/t12?,13-,16-/m1/s1. The fourth-order valence-electron chi connectivity index (χ4n) is 3.20. The number of ketones is 1. The summed E-state index contributed by atoms with van der Waals surface area (Å²) in [5.74, 6) is 0.296. The van der Waals surface area contributed by atoms with Gasteiger partial charge in [0.25, 0.3) is 0 Å². The lowest BCUT2D eigenvalue weighted by atomic mass is 9.73. The SMILES string of the molecule is NC(CCO)C1=N[C@@]2(c3ccccc3Cl)CCC[C@@H](O1)C2=O. The van der Waals surface area contributed by atoms with Crippen LogP contribution in [-0.2, 0) is 15.1 Å². The third-order valence-electron chi connectivity index (χ3n) is 4.35. The molecule has 0 amide bonds. The first-order valence-corrected chi connectivity index (χ1v) is 7.88. The molecule has 6 heteroatoms. The van der Waals surface area contributed by atoms with Crippen LogP contribution in [0.5, 0.6) is 0 Å². The van der Waals surface area contributed by atoms with E-state index in [0.29, 0.717) is 35.7 Å². The average Bonchev–Trinajstić information content (AvgIpc) is 2.48. The van der Waals surface area contributed by atoms with Gasteiger partial charge in [-0.3, -0.25) is 4.79 Å². The van der Waals surface area contributed by atoms with Gasteiger partial charge in [0.05, 0.1) is 6.04 Å². The van der Waals surface area contributed by atoms with Crippen molar-refractivity contribution in [2.45, 2.75) is 43.4 Å². The third-order valence-corrected chi connectivity index (χ3v) is 4.68. The van der Waals surface area contributed by atoms with Crippen LogP contribution >= 0.6 is 11.6 Å². The molecule has 0 spiro atoms. The van der Waals surface area contributed by atoms with E-state index >= 15 is 0 Å². The number of aliphatic imine (C=N–C) groups is 1. The molecule has 1 aromatic carbocycles. The predicted molar refractivity (Wildman–Crippen MR) is 84.0 cm³/mol. The minimum absolute atomic E-state index is 0.0493. The molecule has 1 unspecified atom stereocenters. The number of carbonyl (C=O) groups excluding carboxylic acids is 1. The van der Waals surface area contributed by atoms with Crippen LogP contribution in [0.15, 0.2) is 29.3 Å². The summed E-state index contributed by atoms with van der Waals surface area (Å²) in [5, 5.41) is 9.59. The molecule has 2 bridgehead atoms. The fourth-order valence-corrected chi connectivity index (χ4v) is 3.50. The molecule has 1 saturated carbocycles. The Morgan fingerprint density at radius 3 is 3.00 bits per heavy atom. The number of nitrogens with two attached hydrogens (primary N) is 1. The van der Waals surface area contributed by atoms with E-state index in [9.17, 15) is 4.79 Å². The summed E-state index contributed by atoms with van der Waals surface area (Å²) < 4.78 is 5.69. The van der Waals surface area contributed by atoms with E-state index in [2.05, 4.69) is 4.99 Å². The summed E-state index contributed by atoms with van der Waals surface area (Å²) in [4.78, 5) is 17.4. The minimum atomic E-state index is -0.998. The first-order valence-electron chi connectivity index (χ1n) is 7.50. The molecule has 3 rings (SSSR count). The number of aliphatic hydroxyl groups is 1. The van der Waals surface area contributed by atoms with Crippen molar-refractivity contribution in [2.24, 2.45) is 10.7 Å². The van der Waals surface area contributed by atoms with Crippen LogP contribution in [0.2, 0.25) is 5.02 Å². The summed E-state index contributed by atoms with van der Waals surface area (Å²) >= 11 is 6.32. The maximum absolute atomic E-state index is 12.8. The van der Waals surface area contributed by atoms with Crippen LogP contribution in [-0.4, -0.2) is 35.5 Å². The Kier molecular flexibility index (Phi) is 4.21.